The first-order valence-corrected chi connectivity index (χ1v) is 9.86. The maximum absolute atomic E-state index is 12.3. The first-order chi connectivity index (χ1) is 13.7. The zero-order valence-electron chi connectivity index (χ0n) is 15.2. The number of nitrogens with one attached hydrogen (secondary N) is 1. The third-order valence-corrected chi connectivity index (χ3v) is 5.09. The molecular weight excluding hydrogens is 372 g/mol. The lowest BCUT2D eigenvalue weighted by Crippen LogP contribution is -2.14. The van der Waals surface area contributed by atoms with Crippen LogP contribution in [0.5, 0.6) is 0 Å². The molecule has 0 aliphatic heterocycles. The number of nitrogens with zero attached hydrogens (tertiary/aromatic N) is 5. The predicted octanol–water partition coefficient (Wildman–Crippen LogP) is 3.48. The number of hydrogen-bond donors (Lipinski definition) is 1. The van der Waals surface area contributed by atoms with Crippen LogP contribution in [0.25, 0.3) is 16.9 Å². The zero-order valence-corrected chi connectivity index (χ0v) is 16.1. The number of fused-ring (bicyclic) bond motifs is 1. The number of rotatable bonds is 6. The second-order valence-electron chi connectivity index (χ2n) is 6.10. The highest BCUT2D eigenvalue weighted by Gasteiger charge is 2.12. The third-order valence-electron chi connectivity index (χ3n) is 4.17. The molecular formula is C20H18N6OS. The van der Waals surface area contributed by atoms with Gasteiger partial charge in [-0.05, 0) is 48.4 Å². The fourth-order valence-electron chi connectivity index (χ4n) is 2.68. The molecule has 0 saturated heterocycles. The van der Waals surface area contributed by atoms with Gasteiger partial charge in [0.05, 0.1) is 11.4 Å². The van der Waals surface area contributed by atoms with Gasteiger partial charge in [0.25, 0.3) is 0 Å². The van der Waals surface area contributed by atoms with E-state index < -0.39 is 0 Å². The Morgan fingerprint density at radius 3 is 2.71 bits per heavy atom. The minimum Gasteiger partial charge on any atom is -0.325 e. The maximum atomic E-state index is 12.3. The summed E-state index contributed by atoms with van der Waals surface area (Å²) in [5.41, 5.74) is 4.32. The lowest BCUT2D eigenvalue weighted by Gasteiger charge is -2.06. The molecule has 0 spiro atoms. The van der Waals surface area contributed by atoms with Crippen LogP contribution in [0.15, 0.2) is 66.1 Å². The Bertz CT molecular complexity index is 1090. The summed E-state index contributed by atoms with van der Waals surface area (Å²) in [6.07, 6.45) is 4.44. The average Bonchev–Trinajstić information content (AvgIpc) is 3.16. The fourth-order valence-corrected chi connectivity index (χ4v) is 3.37. The van der Waals surface area contributed by atoms with Gasteiger partial charge in [0, 0.05) is 23.6 Å². The Balaban J connectivity index is 1.46. The third kappa shape index (κ3) is 4.01. The Labute approximate surface area is 166 Å². The molecule has 1 aromatic carbocycles. The van der Waals surface area contributed by atoms with Gasteiger partial charge in [-0.25, -0.2) is 0 Å². The van der Waals surface area contributed by atoms with Crippen LogP contribution in [-0.4, -0.2) is 36.5 Å². The maximum Gasteiger partial charge on any atom is 0.234 e. The highest BCUT2D eigenvalue weighted by molar-refractivity contribution is 7.99. The summed E-state index contributed by atoms with van der Waals surface area (Å²) in [4.78, 5) is 16.4. The van der Waals surface area contributed by atoms with Gasteiger partial charge in [-0.3, -0.25) is 9.78 Å². The average molecular weight is 390 g/mol. The SMILES string of the molecule is CCc1ccc(NC(=O)CSc2nnc3ccc(-c4cccnc4)nn23)cc1. The second kappa shape index (κ2) is 8.18. The number of thioether (sulfide) groups is 1. The molecule has 0 fully saturated rings. The molecule has 0 aliphatic carbocycles. The molecule has 4 rings (SSSR count). The van der Waals surface area contributed by atoms with E-state index in [1.54, 1.807) is 16.9 Å². The van der Waals surface area contributed by atoms with E-state index in [1.807, 2.05) is 48.5 Å². The van der Waals surface area contributed by atoms with E-state index in [2.05, 4.69) is 32.5 Å². The van der Waals surface area contributed by atoms with Gasteiger partial charge in [0.15, 0.2) is 5.65 Å². The van der Waals surface area contributed by atoms with Gasteiger partial charge in [-0.1, -0.05) is 30.8 Å². The van der Waals surface area contributed by atoms with Crippen molar-refractivity contribution in [1.82, 2.24) is 24.8 Å². The summed E-state index contributed by atoms with van der Waals surface area (Å²) in [6, 6.07) is 15.4. The molecule has 0 bridgehead atoms. The smallest absolute Gasteiger partial charge is 0.234 e. The van der Waals surface area contributed by atoms with E-state index in [0.29, 0.717) is 10.8 Å². The summed E-state index contributed by atoms with van der Waals surface area (Å²) in [6.45, 7) is 2.10. The highest BCUT2D eigenvalue weighted by atomic mass is 32.2. The van der Waals surface area contributed by atoms with E-state index in [4.69, 9.17) is 0 Å². The van der Waals surface area contributed by atoms with Crippen LogP contribution in [0.1, 0.15) is 12.5 Å². The number of carbonyl (C=O) groups excluding carboxylic acids is 1. The molecule has 8 heteroatoms. The standard InChI is InChI=1S/C20H18N6OS/c1-2-14-5-7-16(8-6-14)22-19(27)13-28-20-24-23-18-10-9-17(25-26(18)20)15-4-3-11-21-12-15/h3-12H,2,13H2,1H3,(H,22,27). The normalized spacial score (nSPS) is 10.9. The predicted molar refractivity (Wildman–Crippen MR) is 109 cm³/mol. The number of benzene rings is 1. The van der Waals surface area contributed by atoms with E-state index >= 15 is 0 Å². The molecule has 140 valence electrons. The summed E-state index contributed by atoms with van der Waals surface area (Å²) in [5.74, 6) is 0.115. The van der Waals surface area contributed by atoms with Gasteiger partial charge >= 0.3 is 0 Å². The lowest BCUT2D eigenvalue weighted by atomic mass is 10.1. The molecule has 1 N–H and O–H groups in total. The van der Waals surface area contributed by atoms with Crippen molar-refractivity contribution >= 4 is 29.0 Å². The number of anilines is 1. The van der Waals surface area contributed by atoms with E-state index in [9.17, 15) is 4.79 Å². The van der Waals surface area contributed by atoms with Crippen molar-refractivity contribution in [3.8, 4) is 11.3 Å². The van der Waals surface area contributed by atoms with Crippen molar-refractivity contribution in [1.29, 1.82) is 0 Å². The van der Waals surface area contributed by atoms with Gasteiger partial charge in [0.2, 0.25) is 11.1 Å². The first kappa shape index (κ1) is 18.1. The van der Waals surface area contributed by atoms with Crippen LogP contribution >= 0.6 is 11.8 Å². The van der Waals surface area contributed by atoms with E-state index in [-0.39, 0.29) is 11.7 Å². The number of hydrogen-bond acceptors (Lipinski definition) is 6. The number of amides is 1. The van der Waals surface area contributed by atoms with E-state index in [1.165, 1.54) is 17.3 Å². The van der Waals surface area contributed by atoms with Gasteiger partial charge in [-0.2, -0.15) is 9.61 Å². The zero-order chi connectivity index (χ0) is 19.3. The van der Waals surface area contributed by atoms with Crippen molar-refractivity contribution in [2.75, 3.05) is 11.1 Å². The van der Waals surface area contributed by atoms with Crippen LogP contribution in [-0.2, 0) is 11.2 Å². The Morgan fingerprint density at radius 1 is 1.11 bits per heavy atom. The van der Waals surface area contributed by atoms with Gasteiger partial charge in [-0.15, -0.1) is 10.2 Å². The Kier molecular flexibility index (Phi) is 5.29. The molecule has 0 aliphatic rings. The molecule has 0 saturated carbocycles. The lowest BCUT2D eigenvalue weighted by molar-refractivity contribution is -0.113. The summed E-state index contributed by atoms with van der Waals surface area (Å²) in [5, 5.41) is 16.3. The topological polar surface area (TPSA) is 85.1 Å². The summed E-state index contributed by atoms with van der Waals surface area (Å²) < 4.78 is 1.65. The largest absolute Gasteiger partial charge is 0.325 e. The second-order valence-corrected chi connectivity index (χ2v) is 7.04. The van der Waals surface area contributed by atoms with Crippen molar-refractivity contribution in [2.24, 2.45) is 0 Å². The number of pyridine rings is 1. The van der Waals surface area contributed by atoms with Crippen LogP contribution < -0.4 is 5.32 Å². The highest BCUT2D eigenvalue weighted by Crippen LogP contribution is 2.20. The minimum atomic E-state index is -0.102. The van der Waals surface area contributed by atoms with E-state index in [0.717, 1.165) is 23.4 Å². The number of aromatic nitrogens is 5. The van der Waals surface area contributed by atoms with Gasteiger partial charge < -0.3 is 5.32 Å². The van der Waals surface area contributed by atoms with Crippen LogP contribution in [0.4, 0.5) is 5.69 Å². The van der Waals surface area contributed by atoms with Gasteiger partial charge in [0.1, 0.15) is 0 Å². The molecule has 0 unspecified atom stereocenters. The first-order valence-electron chi connectivity index (χ1n) is 8.87. The number of carbonyl (C=O) groups is 1. The Morgan fingerprint density at radius 2 is 1.96 bits per heavy atom. The van der Waals surface area contributed by atoms with Crippen molar-refractivity contribution in [2.45, 2.75) is 18.5 Å². The molecule has 28 heavy (non-hydrogen) atoms. The van der Waals surface area contributed by atoms with Crippen LogP contribution in [0.3, 0.4) is 0 Å². The monoisotopic (exact) mass is 390 g/mol. The van der Waals surface area contributed by atoms with Crippen molar-refractivity contribution < 1.29 is 4.79 Å². The fraction of sp³-hybridized carbons (Fsp3) is 0.150. The molecule has 0 atom stereocenters. The summed E-state index contributed by atoms with van der Waals surface area (Å²) in [7, 11) is 0. The molecule has 7 nitrogen and oxygen atoms in total. The molecule has 3 aromatic heterocycles. The number of aryl methyl sites for hydroxylation is 1. The Hall–Kier alpha value is -3.26. The van der Waals surface area contributed by atoms with Crippen molar-refractivity contribution in [3.63, 3.8) is 0 Å². The molecule has 0 radical (unpaired) electrons. The molecule has 4 aromatic rings. The van der Waals surface area contributed by atoms with Crippen LogP contribution in [0.2, 0.25) is 0 Å². The van der Waals surface area contributed by atoms with Crippen LogP contribution in [0, 0.1) is 0 Å². The molecule has 3 heterocycles. The quantitative estimate of drug-likeness (QED) is 0.507. The molecule has 1 amide bonds. The summed E-state index contributed by atoms with van der Waals surface area (Å²) >= 11 is 1.29. The van der Waals surface area contributed by atoms with Crippen molar-refractivity contribution in [3.05, 3.63) is 66.5 Å². The minimum absolute atomic E-state index is 0.102.